The van der Waals surface area contributed by atoms with Crippen molar-refractivity contribution in [1.29, 1.82) is 0 Å². The van der Waals surface area contributed by atoms with Crippen molar-refractivity contribution in [3.63, 3.8) is 0 Å². The van der Waals surface area contributed by atoms with Gasteiger partial charge in [0.2, 0.25) is 0 Å². The molecule has 0 aliphatic rings. The highest BCUT2D eigenvalue weighted by molar-refractivity contribution is 7.99. The smallest absolute Gasteiger partial charge is 0.387 e. The molecule has 0 aliphatic heterocycles. The molecule has 0 saturated heterocycles. The van der Waals surface area contributed by atoms with Crippen molar-refractivity contribution in [3.05, 3.63) is 59.4 Å². The molecule has 2 aromatic carbocycles. The third kappa shape index (κ3) is 4.11. The molecule has 0 unspecified atom stereocenters. The van der Waals surface area contributed by atoms with Gasteiger partial charge in [-0.05, 0) is 43.3 Å². The van der Waals surface area contributed by atoms with Crippen LogP contribution in [0.4, 0.5) is 8.78 Å². The highest BCUT2D eigenvalue weighted by Gasteiger charge is 2.19. The van der Waals surface area contributed by atoms with Crippen LogP contribution in [0.25, 0.3) is 5.69 Å². The van der Waals surface area contributed by atoms with E-state index in [2.05, 4.69) is 9.84 Å². The van der Waals surface area contributed by atoms with E-state index < -0.39 is 6.61 Å². The fraction of sp³-hybridized carbons (Fsp3) is 0.167. The molecule has 8 heteroatoms. The minimum absolute atomic E-state index is 0.0388. The van der Waals surface area contributed by atoms with Gasteiger partial charge in [0.05, 0.1) is 17.8 Å². The lowest BCUT2D eigenvalue weighted by Gasteiger charge is -2.15. The Bertz CT molecular complexity index is 918. The molecule has 0 atom stereocenters. The van der Waals surface area contributed by atoms with Crippen molar-refractivity contribution < 1.29 is 18.3 Å². The van der Waals surface area contributed by atoms with E-state index in [0.717, 1.165) is 10.6 Å². The normalized spacial score (nSPS) is 11.0. The van der Waals surface area contributed by atoms with Gasteiger partial charge < -0.3 is 9.47 Å². The molecule has 0 bridgehead atoms. The van der Waals surface area contributed by atoms with Gasteiger partial charge >= 0.3 is 6.61 Å². The second-order valence-corrected chi connectivity index (χ2v) is 6.78. The number of aromatic nitrogens is 2. The van der Waals surface area contributed by atoms with Gasteiger partial charge in [0.15, 0.2) is 5.75 Å². The first-order chi connectivity index (χ1) is 12.5. The number of hydrogen-bond acceptors (Lipinski definition) is 4. The van der Waals surface area contributed by atoms with Crippen LogP contribution in [0.1, 0.15) is 5.69 Å². The first-order valence-corrected chi connectivity index (χ1v) is 8.79. The Hall–Kier alpha value is -2.25. The summed E-state index contributed by atoms with van der Waals surface area (Å²) in [6, 6.07) is 12.3. The van der Waals surface area contributed by atoms with Crippen LogP contribution >= 0.6 is 23.4 Å². The molecule has 0 amide bonds. The van der Waals surface area contributed by atoms with E-state index in [1.165, 1.54) is 22.5 Å². The first kappa shape index (κ1) is 18.5. The van der Waals surface area contributed by atoms with Crippen molar-refractivity contribution in [2.75, 3.05) is 7.11 Å². The lowest BCUT2D eigenvalue weighted by atomic mass is 10.3. The molecule has 0 spiro atoms. The van der Waals surface area contributed by atoms with Gasteiger partial charge in [0.1, 0.15) is 11.4 Å². The molecule has 26 heavy (non-hydrogen) atoms. The number of nitrogens with zero attached hydrogens (tertiary/aromatic N) is 2. The van der Waals surface area contributed by atoms with Crippen LogP contribution in [0.5, 0.6) is 11.5 Å². The summed E-state index contributed by atoms with van der Waals surface area (Å²) in [6.45, 7) is -1.16. The summed E-state index contributed by atoms with van der Waals surface area (Å²) in [5.41, 5.74) is 1.00. The van der Waals surface area contributed by atoms with E-state index >= 15 is 0 Å². The Morgan fingerprint density at radius 2 is 2.00 bits per heavy atom. The molecular formula is C18H15ClF2N2O2S. The van der Waals surface area contributed by atoms with Crippen LogP contribution in [-0.2, 0) is 0 Å². The summed E-state index contributed by atoms with van der Waals surface area (Å²) < 4.78 is 36.8. The van der Waals surface area contributed by atoms with E-state index in [1.54, 1.807) is 32.4 Å². The molecule has 0 saturated carbocycles. The minimum atomic E-state index is -2.96. The van der Waals surface area contributed by atoms with Crippen LogP contribution in [-0.4, -0.2) is 23.5 Å². The summed E-state index contributed by atoms with van der Waals surface area (Å²) in [6.07, 6.45) is 1.65. The summed E-state index contributed by atoms with van der Waals surface area (Å²) in [5, 5.41) is 4.54. The fourth-order valence-electron chi connectivity index (χ4n) is 2.34. The lowest BCUT2D eigenvalue weighted by Crippen LogP contribution is -2.07. The average Bonchev–Trinajstić information content (AvgIpc) is 3.03. The molecule has 0 aliphatic carbocycles. The molecule has 0 N–H and O–H groups in total. The SMILES string of the molecule is COc1cccc(Sc2ccc(OC(F)F)c(-n3ccc(C)n3)c2Cl)c1. The van der Waals surface area contributed by atoms with Crippen LogP contribution < -0.4 is 9.47 Å². The molecule has 1 aromatic heterocycles. The topological polar surface area (TPSA) is 36.3 Å². The molecular weight excluding hydrogens is 382 g/mol. The summed E-state index contributed by atoms with van der Waals surface area (Å²) in [4.78, 5) is 1.58. The predicted molar refractivity (Wildman–Crippen MR) is 97.1 cm³/mol. The maximum Gasteiger partial charge on any atom is 0.387 e. The number of ether oxygens (including phenoxy) is 2. The zero-order valence-corrected chi connectivity index (χ0v) is 15.5. The minimum Gasteiger partial charge on any atom is -0.497 e. The zero-order chi connectivity index (χ0) is 18.7. The third-order valence-corrected chi connectivity index (χ3v) is 5.02. The summed E-state index contributed by atoms with van der Waals surface area (Å²) in [5.74, 6) is 0.676. The highest BCUT2D eigenvalue weighted by atomic mass is 35.5. The van der Waals surface area contributed by atoms with Gasteiger partial charge in [-0.15, -0.1) is 0 Å². The molecule has 0 radical (unpaired) electrons. The number of alkyl halides is 2. The highest BCUT2D eigenvalue weighted by Crippen LogP contribution is 2.41. The zero-order valence-electron chi connectivity index (χ0n) is 13.9. The van der Waals surface area contributed by atoms with Gasteiger partial charge in [0, 0.05) is 16.0 Å². The Morgan fingerprint density at radius 3 is 2.65 bits per heavy atom. The van der Waals surface area contributed by atoms with Crippen molar-refractivity contribution >= 4 is 23.4 Å². The maximum atomic E-state index is 12.8. The van der Waals surface area contributed by atoms with Gasteiger partial charge in [-0.3, -0.25) is 0 Å². The predicted octanol–water partition coefficient (Wildman–Crippen LogP) is 5.60. The number of methoxy groups -OCH3 is 1. The number of aryl methyl sites for hydroxylation is 1. The molecule has 3 rings (SSSR count). The van der Waals surface area contributed by atoms with Crippen LogP contribution in [0, 0.1) is 6.92 Å². The second kappa shape index (κ2) is 7.97. The van der Waals surface area contributed by atoms with Gasteiger partial charge in [-0.25, -0.2) is 4.68 Å². The van der Waals surface area contributed by atoms with Gasteiger partial charge in [0.25, 0.3) is 0 Å². The molecule has 4 nitrogen and oxygen atoms in total. The Kier molecular flexibility index (Phi) is 5.68. The number of rotatable bonds is 6. The molecule has 1 heterocycles. The third-order valence-electron chi connectivity index (χ3n) is 3.48. The second-order valence-electron chi connectivity index (χ2n) is 5.29. The quantitative estimate of drug-likeness (QED) is 0.543. The van der Waals surface area contributed by atoms with E-state index in [4.69, 9.17) is 16.3 Å². The standard InChI is InChI=1S/C18H15ClF2N2O2S/c1-11-8-9-23(22-11)17-14(25-18(20)21)6-7-15(16(17)19)26-13-5-3-4-12(10-13)24-2/h3-10,18H,1-2H3. The summed E-state index contributed by atoms with van der Waals surface area (Å²) >= 11 is 7.92. The average molecular weight is 397 g/mol. The molecule has 3 aromatic rings. The molecule has 0 fully saturated rings. The van der Waals surface area contributed by atoms with Crippen LogP contribution in [0.2, 0.25) is 5.02 Å². The van der Waals surface area contributed by atoms with Crippen LogP contribution in [0.3, 0.4) is 0 Å². The van der Waals surface area contributed by atoms with Gasteiger partial charge in [-0.2, -0.15) is 13.9 Å². The van der Waals surface area contributed by atoms with Crippen LogP contribution in [0.15, 0.2) is 58.5 Å². The number of hydrogen-bond donors (Lipinski definition) is 0. The Morgan fingerprint density at radius 1 is 1.19 bits per heavy atom. The molecule has 136 valence electrons. The Labute approximate surface area is 158 Å². The fourth-order valence-corrected chi connectivity index (χ4v) is 3.60. The van der Waals surface area contributed by atoms with Crippen molar-refractivity contribution in [2.24, 2.45) is 0 Å². The van der Waals surface area contributed by atoms with Crippen molar-refractivity contribution in [3.8, 4) is 17.2 Å². The maximum absolute atomic E-state index is 12.8. The Balaban J connectivity index is 2.04. The first-order valence-electron chi connectivity index (χ1n) is 7.60. The van der Waals surface area contributed by atoms with E-state index in [1.807, 2.05) is 24.3 Å². The van der Waals surface area contributed by atoms with Gasteiger partial charge in [-0.1, -0.05) is 29.4 Å². The van der Waals surface area contributed by atoms with Crippen molar-refractivity contribution in [2.45, 2.75) is 23.3 Å². The monoisotopic (exact) mass is 396 g/mol. The van der Waals surface area contributed by atoms with E-state index in [9.17, 15) is 8.78 Å². The van der Waals surface area contributed by atoms with Crippen molar-refractivity contribution in [1.82, 2.24) is 9.78 Å². The van der Waals surface area contributed by atoms with E-state index in [-0.39, 0.29) is 16.5 Å². The summed E-state index contributed by atoms with van der Waals surface area (Å²) in [7, 11) is 1.59. The lowest BCUT2D eigenvalue weighted by molar-refractivity contribution is -0.0499. The number of halogens is 3. The van der Waals surface area contributed by atoms with E-state index in [0.29, 0.717) is 10.6 Å². The number of benzene rings is 2. The largest absolute Gasteiger partial charge is 0.497 e.